The second-order valence-electron chi connectivity index (χ2n) is 5.79. The first-order chi connectivity index (χ1) is 9.69. The number of rotatable bonds is 5. The van der Waals surface area contributed by atoms with Crippen LogP contribution in [-0.2, 0) is 9.53 Å². The number of ether oxygens (including phenoxy) is 1. The molecule has 6 nitrogen and oxygen atoms in total. The van der Waals surface area contributed by atoms with Gasteiger partial charge in [0.1, 0.15) is 11.6 Å². The van der Waals surface area contributed by atoms with Crippen molar-refractivity contribution in [3.8, 4) is 0 Å². The van der Waals surface area contributed by atoms with E-state index in [1.54, 1.807) is 32.9 Å². The predicted octanol–water partition coefficient (Wildman–Crippen LogP) is 2.05. The van der Waals surface area contributed by atoms with Gasteiger partial charge >= 0.3 is 12.1 Å². The summed E-state index contributed by atoms with van der Waals surface area (Å²) in [6, 6.07) is 7.48. The highest BCUT2D eigenvalue weighted by molar-refractivity contribution is 5.73. The van der Waals surface area contributed by atoms with Gasteiger partial charge in [-0.25, -0.2) is 4.79 Å². The molecule has 0 saturated heterocycles. The molecule has 0 aliphatic rings. The fourth-order valence-corrected chi connectivity index (χ4v) is 1.77. The summed E-state index contributed by atoms with van der Waals surface area (Å²) in [4.78, 5) is 22.8. The Bertz CT molecular complexity index is 482. The number of carboxylic acids is 1. The average Bonchev–Trinajstić information content (AvgIpc) is 2.36. The van der Waals surface area contributed by atoms with Gasteiger partial charge in [0.15, 0.2) is 0 Å². The largest absolute Gasteiger partial charge is 0.480 e. The van der Waals surface area contributed by atoms with Crippen molar-refractivity contribution in [1.29, 1.82) is 0 Å². The summed E-state index contributed by atoms with van der Waals surface area (Å²) in [5.74, 6) is -1.11. The second kappa shape index (κ2) is 7.08. The molecule has 0 aliphatic heterocycles. The molecule has 0 fully saturated rings. The van der Waals surface area contributed by atoms with Crippen LogP contribution in [-0.4, -0.2) is 28.8 Å². The van der Waals surface area contributed by atoms with Crippen LogP contribution in [0.25, 0.3) is 0 Å². The van der Waals surface area contributed by atoms with Crippen molar-refractivity contribution >= 4 is 12.1 Å². The Hall–Kier alpha value is -2.08. The Morgan fingerprint density at radius 3 is 2.33 bits per heavy atom. The fourth-order valence-electron chi connectivity index (χ4n) is 1.77. The van der Waals surface area contributed by atoms with E-state index in [1.807, 2.05) is 18.2 Å². The van der Waals surface area contributed by atoms with E-state index in [4.69, 9.17) is 15.6 Å². The molecule has 21 heavy (non-hydrogen) atoms. The van der Waals surface area contributed by atoms with E-state index in [2.05, 4.69) is 5.32 Å². The standard InChI is InChI=1S/C15H22N2O4/c1-15(2,3)21-14(20)17-12(9-11(16)13(18)19)10-7-5-4-6-8-10/h4-8,11-12H,9,16H2,1-3H3,(H,17,20)(H,18,19). The molecule has 6 heteroatoms. The number of hydrogen-bond acceptors (Lipinski definition) is 4. The predicted molar refractivity (Wildman–Crippen MR) is 78.8 cm³/mol. The Kier molecular flexibility index (Phi) is 5.72. The van der Waals surface area contributed by atoms with Crippen LogP contribution in [0.15, 0.2) is 30.3 Å². The molecule has 0 bridgehead atoms. The van der Waals surface area contributed by atoms with Gasteiger partial charge in [-0.2, -0.15) is 0 Å². The first kappa shape index (κ1) is 17.0. The van der Waals surface area contributed by atoms with Crippen LogP contribution in [0.3, 0.4) is 0 Å². The molecule has 0 radical (unpaired) electrons. The summed E-state index contributed by atoms with van der Waals surface area (Å²) in [7, 11) is 0. The lowest BCUT2D eigenvalue weighted by Gasteiger charge is -2.24. The van der Waals surface area contributed by atoms with E-state index in [-0.39, 0.29) is 6.42 Å². The zero-order chi connectivity index (χ0) is 16.0. The molecule has 2 unspecified atom stereocenters. The molecule has 4 N–H and O–H groups in total. The highest BCUT2D eigenvalue weighted by atomic mass is 16.6. The van der Waals surface area contributed by atoms with Gasteiger partial charge in [0.05, 0.1) is 6.04 Å². The summed E-state index contributed by atoms with van der Waals surface area (Å²) >= 11 is 0. The number of amides is 1. The number of carboxylic acid groups (broad SMARTS) is 1. The normalized spacial score (nSPS) is 14.1. The van der Waals surface area contributed by atoms with Gasteiger partial charge in [0.2, 0.25) is 0 Å². The molecule has 2 atom stereocenters. The smallest absolute Gasteiger partial charge is 0.408 e. The quantitative estimate of drug-likeness (QED) is 0.771. The van der Waals surface area contributed by atoms with Gasteiger partial charge in [-0.3, -0.25) is 4.79 Å². The monoisotopic (exact) mass is 294 g/mol. The fraction of sp³-hybridized carbons (Fsp3) is 0.467. The third-order valence-corrected chi connectivity index (χ3v) is 2.70. The van der Waals surface area contributed by atoms with Crippen LogP contribution >= 0.6 is 0 Å². The maximum Gasteiger partial charge on any atom is 0.408 e. The van der Waals surface area contributed by atoms with Crippen LogP contribution in [0.1, 0.15) is 38.8 Å². The van der Waals surface area contributed by atoms with Crippen molar-refractivity contribution in [1.82, 2.24) is 5.32 Å². The van der Waals surface area contributed by atoms with Crippen molar-refractivity contribution in [2.45, 2.75) is 44.9 Å². The number of aliphatic carboxylic acids is 1. The third kappa shape index (κ3) is 6.27. The van der Waals surface area contributed by atoms with Gasteiger partial charge in [0, 0.05) is 0 Å². The van der Waals surface area contributed by atoms with Gasteiger partial charge in [0.25, 0.3) is 0 Å². The summed E-state index contributed by atoms with van der Waals surface area (Å²) in [5, 5.41) is 11.6. The second-order valence-corrected chi connectivity index (χ2v) is 5.79. The summed E-state index contributed by atoms with van der Waals surface area (Å²) < 4.78 is 5.19. The van der Waals surface area contributed by atoms with Crippen LogP contribution in [0.4, 0.5) is 4.79 Å². The summed E-state index contributed by atoms with van der Waals surface area (Å²) in [5.41, 5.74) is 5.72. The van der Waals surface area contributed by atoms with E-state index in [9.17, 15) is 9.59 Å². The Labute approximate surface area is 124 Å². The topological polar surface area (TPSA) is 102 Å². The Morgan fingerprint density at radius 1 is 1.29 bits per heavy atom. The maximum atomic E-state index is 11.9. The SMILES string of the molecule is CC(C)(C)OC(=O)NC(CC(N)C(=O)O)c1ccccc1. The molecule has 0 saturated carbocycles. The lowest BCUT2D eigenvalue weighted by atomic mass is 10.00. The zero-order valence-corrected chi connectivity index (χ0v) is 12.5. The minimum absolute atomic E-state index is 0.0819. The Balaban J connectivity index is 2.82. The number of alkyl carbamates (subject to hydrolysis) is 1. The molecule has 1 aromatic rings. The van der Waals surface area contributed by atoms with Crippen molar-refractivity contribution in [3.05, 3.63) is 35.9 Å². The number of nitrogens with one attached hydrogen (secondary N) is 1. The summed E-state index contributed by atoms with van der Waals surface area (Å²) in [6.45, 7) is 5.27. The first-order valence-corrected chi connectivity index (χ1v) is 6.72. The van der Waals surface area contributed by atoms with Crippen LogP contribution < -0.4 is 11.1 Å². The van der Waals surface area contributed by atoms with Crippen molar-refractivity contribution in [2.24, 2.45) is 5.73 Å². The molecule has 1 rings (SSSR count). The average molecular weight is 294 g/mol. The van der Waals surface area contributed by atoms with Gasteiger partial charge in [-0.15, -0.1) is 0 Å². The number of nitrogens with two attached hydrogens (primary N) is 1. The molecule has 1 amide bonds. The van der Waals surface area contributed by atoms with E-state index in [0.717, 1.165) is 5.56 Å². The van der Waals surface area contributed by atoms with Crippen molar-refractivity contribution < 1.29 is 19.4 Å². The molecular formula is C15H22N2O4. The van der Waals surface area contributed by atoms with E-state index < -0.39 is 29.7 Å². The highest BCUT2D eigenvalue weighted by Gasteiger charge is 2.24. The number of benzene rings is 1. The van der Waals surface area contributed by atoms with Crippen LogP contribution in [0, 0.1) is 0 Å². The van der Waals surface area contributed by atoms with Crippen LogP contribution in [0.5, 0.6) is 0 Å². The maximum absolute atomic E-state index is 11.9. The van der Waals surface area contributed by atoms with E-state index in [1.165, 1.54) is 0 Å². The molecule has 0 heterocycles. The third-order valence-electron chi connectivity index (χ3n) is 2.70. The Morgan fingerprint density at radius 2 is 1.86 bits per heavy atom. The number of carbonyl (C=O) groups is 2. The van der Waals surface area contributed by atoms with Gasteiger partial charge in [-0.1, -0.05) is 30.3 Å². The zero-order valence-electron chi connectivity index (χ0n) is 12.5. The molecule has 0 spiro atoms. The number of hydrogen-bond donors (Lipinski definition) is 3. The lowest BCUT2D eigenvalue weighted by Crippen LogP contribution is -2.39. The van der Waals surface area contributed by atoms with Crippen molar-refractivity contribution in [3.63, 3.8) is 0 Å². The van der Waals surface area contributed by atoms with Gasteiger partial charge < -0.3 is 20.9 Å². The van der Waals surface area contributed by atoms with E-state index in [0.29, 0.717) is 0 Å². The minimum Gasteiger partial charge on any atom is -0.480 e. The minimum atomic E-state index is -1.11. The molecule has 0 aliphatic carbocycles. The lowest BCUT2D eigenvalue weighted by molar-refractivity contribution is -0.138. The molecule has 0 aromatic heterocycles. The van der Waals surface area contributed by atoms with Gasteiger partial charge in [-0.05, 0) is 32.8 Å². The van der Waals surface area contributed by atoms with Crippen LogP contribution in [0.2, 0.25) is 0 Å². The summed E-state index contributed by atoms with van der Waals surface area (Å²) in [6.07, 6.45) is -0.521. The first-order valence-electron chi connectivity index (χ1n) is 6.72. The highest BCUT2D eigenvalue weighted by Crippen LogP contribution is 2.19. The molecule has 1 aromatic carbocycles. The van der Waals surface area contributed by atoms with E-state index >= 15 is 0 Å². The number of carbonyl (C=O) groups excluding carboxylic acids is 1. The van der Waals surface area contributed by atoms with Crippen molar-refractivity contribution in [2.75, 3.05) is 0 Å². The molecular weight excluding hydrogens is 272 g/mol. The molecule has 116 valence electrons.